The van der Waals surface area contributed by atoms with Crippen molar-refractivity contribution in [3.63, 3.8) is 0 Å². The number of fused-ring (bicyclic) bond motifs is 2. The van der Waals surface area contributed by atoms with Crippen LogP contribution in [0.2, 0.25) is 0 Å². The van der Waals surface area contributed by atoms with Gasteiger partial charge in [-0.05, 0) is 38.0 Å². The first-order chi connectivity index (χ1) is 15.0. The summed E-state index contributed by atoms with van der Waals surface area (Å²) in [5, 5.41) is 8.19. The third-order valence-corrected chi connectivity index (χ3v) is 5.90. The standard InChI is InChI=1S/C22H23N5O4/c1-13-17-9-15(11-23-20(17)26(2)25-13)22(29)27-7-5-14(6-8-27)21(28)24-16-3-4-18-19(10-16)31-12-30-18/h3-4,9-11,14H,5-8,12H2,1-2H3,(H,24,28). The predicted molar refractivity (Wildman–Crippen MR) is 113 cm³/mol. The molecule has 3 aromatic rings. The summed E-state index contributed by atoms with van der Waals surface area (Å²) in [5.74, 6) is 1.06. The Morgan fingerprint density at radius 2 is 1.90 bits per heavy atom. The van der Waals surface area contributed by atoms with Gasteiger partial charge in [0, 0.05) is 49.4 Å². The molecule has 0 spiro atoms. The molecule has 1 saturated heterocycles. The van der Waals surface area contributed by atoms with Gasteiger partial charge in [0.2, 0.25) is 12.7 Å². The molecule has 0 saturated carbocycles. The summed E-state index contributed by atoms with van der Waals surface area (Å²) in [4.78, 5) is 31.9. The number of rotatable bonds is 3. The fraction of sp³-hybridized carbons (Fsp3) is 0.364. The Balaban J connectivity index is 1.21. The van der Waals surface area contributed by atoms with Gasteiger partial charge < -0.3 is 19.7 Å². The average molecular weight is 421 g/mol. The monoisotopic (exact) mass is 421 g/mol. The smallest absolute Gasteiger partial charge is 0.255 e. The molecular formula is C22H23N5O4. The van der Waals surface area contributed by atoms with E-state index in [0.29, 0.717) is 48.7 Å². The molecule has 9 heteroatoms. The molecule has 31 heavy (non-hydrogen) atoms. The minimum atomic E-state index is -0.143. The van der Waals surface area contributed by atoms with Gasteiger partial charge in [0.1, 0.15) is 0 Å². The van der Waals surface area contributed by atoms with E-state index < -0.39 is 0 Å². The Labute approximate surface area is 178 Å². The number of nitrogens with zero attached hydrogens (tertiary/aromatic N) is 4. The largest absolute Gasteiger partial charge is 0.454 e. The van der Waals surface area contributed by atoms with Crippen LogP contribution in [0.5, 0.6) is 11.5 Å². The summed E-state index contributed by atoms with van der Waals surface area (Å²) >= 11 is 0. The van der Waals surface area contributed by atoms with Crippen LogP contribution in [0.3, 0.4) is 0 Å². The van der Waals surface area contributed by atoms with Crippen molar-refractivity contribution >= 4 is 28.5 Å². The summed E-state index contributed by atoms with van der Waals surface area (Å²) in [6.07, 6.45) is 2.83. The summed E-state index contributed by atoms with van der Waals surface area (Å²) < 4.78 is 12.4. The zero-order chi connectivity index (χ0) is 21.5. The van der Waals surface area contributed by atoms with Crippen LogP contribution in [-0.4, -0.2) is 51.4 Å². The maximum absolute atomic E-state index is 13.0. The van der Waals surface area contributed by atoms with Crippen LogP contribution in [0.25, 0.3) is 11.0 Å². The molecule has 5 rings (SSSR count). The first-order valence-electron chi connectivity index (χ1n) is 10.3. The van der Waals surface area contributed by atoms with Crippen molar-refractivity contribution in [1.29, 1.82) is 0 Å². The highest BCUT2D eigenvalue weighted by molar-refractivity contribution is 5.98. The first kappa shape index (κ1) is 19.3. The number of carbonyl (C=O) groups is 2. The van der Waals surface area contributed by atoms with Crippen LogP contribution in [0.15, 0.2) is 30.5 Å². The highest BCUT2D eigenvalue weighted by Gasteiger charge is 2.28. The zero-order valence-corrected chi connectivity index (χ0v) is 17.4. The molecule has 9 nitrogen and oxygen atoms in total. The molecule has 2 aromatic heterocycles. The van der Waals surface area contributed by atoms with Crippen LogP contribution in [-0.2, 0) is 11.8 Å². The molecule has 0 aliphatic carbocycles. The third-order valence-electron chi connectivity index (χ3n) is 5.90. The molecule has 0 atom stereocenters. The molecule has 2 aliphatic rings. The molecule has 0 bridgehead atoms. The van der Waals surface area contributed by atoms with E-state index in [1.165, 1.54) is 0 Å². The number of piperidine rings is 1. The van der Waals surface area contributed by atoms with Crippen LogP contribution < -0.4 is 14.8 Å². The molecule has 0 radical (unpaired) electrons. The number of likely N-dealkylation sites (tertiary alicyclic amines) is 1. The van der Waals surface area contributed by atoms with Crippen molar-refractivity contribution in [2.75, 3.05) is 25.2 Å². The molecule has 1 fully saturated rings. The lowest BCUT2D eigenvalue weighted by molar-refractivity contribution is -0.121. The molecule has 2 aliphatic heterocycles. The Hall–Kier alpha value is -3.62. The van der Waals surface area contributed by atoms with Gasteiger partial charge in [0.05, 0.1) is 11.3 Å². The number of aromatic nitrogens is 3. The van der Waals surface area contributed by atoms with E-state index in [-0.39, 0.29) is 24.5 Å². The highest BCUT2D eigenvalue weighted by atomic mass is 16.7. The summed E-state index contributed by atoms with van der Waals surface area (Å²) in [6, 6.07) is 7.20. The van der Waals surface area contributed by atoms with Gasteiger partial charge >= 0.3 is 0 Å². The van der Waals surface area contributed by atoms with Crippen molar-refractivity contribution in [1.82, 2.24) is 19.7 Å². The summed E-state index contributed by atoms with van der Waals surface area (Å²) in [6.45, 7) is 3.16. The number of aryl methyl sites for hydroxylation is 2. The van der Waals surface area contributed by atoms with E-state index in [1.807, 2.05) is 20.0 Å². The minimum Gasteiger partial charge on any atom is -0.454 e. The number of ether oxygens (including phenoxy) is 2. The Morgan fingerprint density at radius 3 is 2.71 bits per heavy atom. The Kier molecular flexibility index (Phi) is 4.72. The van der Waals surface area contributed by atoms with Gasteiger partial charge in [0.15, 0.2) is 17.1 Å². The predicted octanol–water partition coefficient (Wildman–Crippen LogP) is 2.50. The number of benzene rings is 1. The van der Waals surface area contributed by atoms with Crippen LogP contribution >= 0.6 is 0 Å². The van der Waals surface area contributed by atoms with E-state index in [4.69, 9.17) is 9.47 Å². The number of amides is 2. The van der Waals surface area contributed by atoms with Crippen LogP contribution in [0.1, 0.15) is 28.9 Å². The molecule has 160 valence electrons. The number of carbonyl (C=O) groups excluding carboxylic acids is 2. The van der Waals surface area contributed by atoms with Gasteiger partial charge in [0.25, 0.3) is 5.91 Å². The molecular weight excluding hydrogens is 398 g/mol. The minimum absolute atomic E-state index is 0.0416. The molecule has 2 amide bonds. The molecule has 0 unspecified atom stereocenters. The van der Waals surface area contributed by atoms with Gasteiger partial charge in [-0.1, -0.05) is 0 Å². The second kappa shape index (κ2) is 7.57. The van der Waals surface area contributed by atoms with Crippen molar-refractivity contribution in [3.05, 3.63) is 41.7 Å². The lowest BCUT2D eigenvalue weighted by atomic mass is 9.95. The number of hydrogen-bond donors (Lipinski definition) is 1. The van der Waals surface area contributed by atoms with Crippen molar-refractivity contribution < 1.29 is 19.1 Å². The summed E-state index contributed by atoms with van der Waals surface area (Å²) in [5.41, 5.74) is 2.83. The maximum Gasteiger partial charge on any atom is 0.255 e. The van der Waals surface area contributed by atoms with Crippen LogP contribution in [0.4, 0.5) is 5.69 Å². The fourth-order valence-electron chi connectivity index (χ4n) is 4.17. The fourth-order valence-corrected chi connectivity index (χ4v) is 4.17. The van der Waals surface area contributed by atoms with Gasteiger partial charge in [-0.25, -0.2) is 4.98 Å². The Bertz CT molecular complexity index is 1180. The molecule has 1 N–H and O–H groups in total. The average Bonchev–Trinajstić information content (AvgIpc) is 3.36. The maximum atomic E-state index is 13.0. The summed E-state index contributed by atoms with van der Waals surface area (Å²) in [7, 11) is 1.84. The number of pyridine rings is 1. The topological polar surface area (TPSA) is 98.6 Å². The van der Waals surface area contributed by atoms with E-state index in [1.54, 1.807) is 34.0 Å². The third kappa shape index (κ3) is 3.56. The van der Waals surface area contributed by atoms with E-state index in [2.05, 4.69) is 15.4 Å². The second-order valence-electron chi connectivity index (χ2n) is 7.93. The Morgan fingerprint density at radius 1 is 1.13 bits per heavy atom. The molecule has 4 heterocycles. The first-order valence-corrected chi connectivity index (χ1v) is 10.3. The van der Waals surface area contributed by atoms with Gasteiger partial charge in [-0.3, -0.25) is 14.3 Å². The van der Waals surface area contributed by atoms with Crippen LogP contribution in [0, 0.1) is 12.8 Å². The lowest BCUT2D eigenvalue weighted by Gasteiger charge is -2.31. The lowest BCUT2D eigenvalue weighted by Crippen LogP contribution is -2.41. The number of nitrogens with one attached hydrogen (secondary N) is 1. The van der Waals surface area contributed by atoms with Crippen molar-refractivity contribution in [2.24, 2.45) is 13.0 Å². The van der Waals surface area contributed by atoms with Gasteiger partial charge in [-0.15, -0.1) is 0 Å². The van der Waals surface area contributed by atoms with E-state index in [9.17, 15) is 9.59 Å². The van der Waals surface area contributed by atoms with E-state index in [0.717, 1.165) is 16.7 Å². The van der Waals surface area contributed by atoms with Crippen molar-refractivity contribution in [3.8, 4) is 11.5 Å². The second-order valence-corrected chi connectivity index (χ2v) is 7.93. The molecule has 1 aromatic carbocycles. The zero-order valence-electron chi connectivity index (χ0n) is 17.4. The van der Waals surface area contributed by atoms with E-state index >= 15 is 0 Å². The quantitative estimate of drug-likeness (QED) is 0.698. The van der Waals surface area contributed by atoms with Gasteiger partial charge in [-0.2, -0.15) is 5.10 Å². The number of hydrogen-bond acceptors (Lipinski definition) is 6. The number of anilines is 1. The highest BCUT2D eigenvalue weighted by Crippen LogP contribution is 2.34. The van der Waals surface area contributed by atoms with Crippen molar-refractivity contribution in [2.45, 2.75) is 19.8 Å². The normalized spacial score (nSPS) is 16.0. The SMILES string of the molecule is Cc1nn(C)c2ncc(C(=O)N3CCC(C(=O)Nc4ccc5c(c4)OCO5)CC3)cc12.